The highest BCUT2D eigenvalue weighted by Gasteiger charge is 2.18. The first-order valence-corrected chi connectivity index (χ1v) is 14.5. The third-order valence-corrected chi connectivity index (χ3v) is 8.47. The SMILES string of the molecule is c1ccc(-c2nc(-c3ccc4oc5c6ccccc6c(-c6cccc7ccccc67)cc5c4c3)nc3ccccc23)cc1. The molecular formula is C40H24N2O. The maximum absolute atomic E-state index is 6.56. The minimum absolute atomic E-state index is 0.698. The lowest BCUT2D eigenvalue weighted by Crippen LogP contribution is -1.95. The van der Waals surface area contributed by atoms with Crippen molar-refractivity contribution in [3.8, 4) is 33.8 Å². The van der Waals surface area contributed by atoms with E-state index in [9.17, 15) is 0 Å². The Morgan fingerprint density at radius 1 is 0.419 bits per heavy atom. The van der Waals surface area contributed by atoms with Crippen LogP contribution in [0.5, 0.6) is 0 Å². The molecule has 0 atom stereocenters. The monoisotopic (exact) mass is 548 g/mol. The van der Waals surface area contributed by atoms with Crippen LogP contribution in [0.25, 0.3) is 88.2 Å². The lowest BCUT2D eigenvalue weighted by molar-refractivity contribution is 0.672. The molecule has 2 aromatic heterocycles. The highest BCUT2D eigenvalue weighted by Crippen LogP contribution is 2.42. The van der Waals surface area contributed by atoms with E-state index in [0.717, 1.165) is 55.0 Å². The minimum Gasteiger partial charge on any atom is -0.455 e. The highest BCUT2D eigenvalue weighted by molar-refractivity contribution is 6.20. The van der Waals surface area contributed by atoms with Gasteiger partial charge in [0.15, 0.2) is 5.82 Å². The quantitative estimate of drug-likeness (QED) is 0.220. The molecule has 3 nitrogen and oxygen atoms in total. The molecule has 0 unspecified atom stereocenters. The Kier molecular flexibility index (Phi) is 5.20. The van der Waals surface area contributed by atoms with Crippen LogP contribution in [0.4, 0.5) is 0 Å². The summed E-state index contributed by atoms with van der Waals surface area (Å²) >= 11 is 0. The summed E-state index contributed by atoms with van der Waals surface area (Å²) in [6.07, 6.45) is 0. The standard InChI is InChI=1S/C40H24N2O/c1-2-12-26(13-3-1)38-32-18-8-9-20-36(32)41-40(42-38)27-21-22-37-34(23-27)35-24-33(30-16-6-7-17-31(30)39(35)43-37)29-19-10-14-25-11-4-5-15-28(25)29/h1-24H. The summed E-state index contributed by atoms with van der Waals surface area (Å²) in [6.45, 7) is 0. The second-order valence-corrected chi connectivity index (χ2v) is 11.0. The van der Waals surface area contributed by atoms with Gasteiger partial charge in [-0.15, -0.1) is 0 Å². The van der Waals surface area contributed by atoms with Gasteiger partial charge in [-0.05, 0) is 57.6 Å². The molecule has 0 aliphatic carbocycles. The molecule has 43 heavy (non-hydrogen) atoms. The first-order valence-electron chi connectivity index (χ1n) is 14.5. The van der Waals surface area contributed by atoms with Crippen molar-refractivity contribution < 1.29 is 4.42 Å². The van der Waals surface area contributed by atoms with Crippen molar-refractivity contribution in [3.63, 3.8) is 0 Å². The Hall–Kier alpha value is -5.80. The highest BCUT2D eigenvalue weighted by atomic mass is 16.3. The van der Waals surface area contributed by atoms with E-state index in [-0.39, 0.29) is 0 Å². The van der Waals surface area contributed by atoms with Crippen LogP contribution in [0.1, 0.15) is 0 Å². The zero-order valence-corrected chi connectivity index (χ0v) is 23.2. The molecule has 200 valence electrons. The van der Waals surface area contributed by atoms with Gasteiger partial charge in [-0.2, -0.15) is 0 Å². The fraction of sp³-hybridized carbons (Fsp3) is 0. The first-order chi connectivity index (χ1) is 21.3. The van der Waals surface area contributed by atoms with Crippen LogP contribution in [-0.2, 0) is 0 Å². The third kappa shape index (κ3) is 3.75. The molecule has 0 bridgehead atoms. The number of nitrogens with zero attached hydrogens (tertiary/aromatic N) is 2. The normalized spacial score (nSPS) is 11.7. The van der Waals surface area contributed by atoms with E-state index >= 15 is 0 Å². The maximum Gasteiger partial charge on any atom is 0.160 e. The molecule has 0 aliphatic heterocycles. The zero-order valence-electron chi connectivity index (χ0n) is 23.2. The Morgan fingerprint density at radius 3 is 2.02 bits per heavy atom. The Balaban J connectivity index is 1.31. The molecule has 2 heterocycles. The zero-order chi connectivity index (χ0) is 28.3. The van der Waals surface area contributed by atoms with Crippen LogP contribution < -0.4 is 0 Å². The minimum atomic E-state index is 0.698. The fourth-order valence-corrected chi connectivity index (χ4v) is 6.44. The number of fused-ring (bicyclic) bond motifs is 7. The van der Waals surface area contributed by atoms with Gasteiger partial charge in [0.2, 0.25) is 0 Å². The Bertz CT molecular complexity index is 2500. The van der Waals surface area contributed by atoms with Crippen molar-refractivity contribution >= 4 is 54.4 Å². The lowest BCUT2D eigenvalue weighted by Gasteiger charge is -2.11. The number of para-hydroxylation sites is 1. The van der Waals surface area contributed by atoms with Gasteiger partial charge in [-0.3, -0.25) is 0 Å². The smallest absolute Gasteiger partial charge is 0.160 e. The van der Waals surface area contributed by atoms with Gasteiger partial charge in [-0.25, -0.2) is 9.97 Å². The van der Waals surface area contributed by atoms with E-state index in [1.165, 1.54) is 27.3 Å². The number of hydrogen-bond acceptors (Lipinski definition) is 3. The van der Waals surface area contributed by atoms with E-state index in [4.69, 9.17) is 14.4 Å². The van der Waals surface area contributed by atoms with Gasteiger partial charge in [0.25, 0.3) is 0 Å². The number of furan rings is 1. The summed E-state index contributed by atoms with van der Waals surface area (Å²) in [7, 11) is 0. The Labute approximate surface area is 247 Å². The molecule has 0 fully saturated rings. The topological polar surface area (TPSA) is 38.9 Å². The molecule has 0 saturated carbocycles. The van der Waals surface area contributed by atoms with E-state index in [1.54, 1.807) is 0 Å². The van der Waals surface area contributed by atoms with Crippen molar-refractivity contribution in [2.24, 2.45) is 0 Å². The van der Waals surface area contributed by atoms with Gasteiger partial charge in [0.1, 0.15) is 11.2 Å². The van der Waals surface area contributed by atoms with Gasteiger partial charge >= 0.3 is 0 Å². The van der Waals surface area contributed by atoms with Crippen LogP contribution in [0.15, 0.2) is 150 Å². The number of benzene rings is 7. The number of aromatic nitrogens is 2. The molecule has 3 heteroatoms. The summed E-state index contributed by atoms with van der Waals surface area (Å²) < 4.78 is 6.56. The Morgan fingerprint density at radius 2 is 1.14 bits per heavy atom. The van der Waals surface area contributed by atoms with Gasteiger partial charge in [-0.1, -0.05) is 115 Å². The molecule has 0 aliphatic rings. The van der Waals surface area contributed by atoms with Crippen LogP contribution in [0, 0.1) is 0 Å². The second kappa shape index (κ2) is 9.37. The van der Waals surface area contributed by atoms with E-state index < -0.39 is 0 Å². The van der Waals surface area contributed by atoms with E-state index in [0.29, 0.717) is 5.82 Å². The van der Waals surface area contributed by atoms with Crippen molar-refractivity contribution in [1.29, 1.82) is 0 Å². The van der Waals surface area contributed by atoms with Crippen LogP contribution in [0.2, 0.25) is 0 Å². The van der Waals surface area contributed by atoms with Gasteiger partial charge < -0.3 is 4.42 Å². The van der Waals surface area contributed by atoms with Crippen molar-refractivity contribution in [2.75, 3.05) is 0 Å². The predicted molar refractivity (Wildman–Crippen MR) is 178 cm³/mol. The molecule has 0 amide bonds. The van der Waals surface area contributed by atoms with Gasteiger partial charge in [0, 0.05) is 32.7 Å². The molecule has 0 radical (unpaired) electrons. The van der Waals surface area contributed by atoms with Gasteiger partial charge in [0.05, 0.1) is 11.2 Å². The lowest BCUT2D eigenvalue weighted by atomic mass is 9.92. The maximum atomic E-state index is 6.56. The summed E-state index contributed by atoms with van der Waals surface area (Å²) in [4.78, 5) is 10.1. The molecule has 0 N–H and O–H groups in total. The first kappa shape index (κ1) is 23.9. The fourth-order valence-electron chi connectivity index (χ4n) is 6.44. The van der Waals surface area contributed by atoms with E-state index in [1.807, 2.05) is 30.3 Å². The van der Waals surface area contributed by atoms with Crippen molar-refractivity contribution in [3.05, 3.63) is 146 Å². The van der Waals surface area contributed by atoms with Crippen molar-refractivity contribution in [2.45, 2.75) is 0 Å². The molecule has 0 spiro atoms. The van der Waals surface area contributed by atoms with Crippen molar-refractivity contribution in [1.82, 2.24) is 9.97 Å². The summed E-state index contributed by atoms with van der Waals surface area (Å²) in [5.41, 5.74) is 8.05. The van der Waals surface area contributed by atoms with Crippen LogP contribution in [-0.4, -0.2) is 9.97 Å². The summed E-state index contributed by atoms with van der Waals surface area (Å²) in [5.74, 6) is 0.698. The second-order valence-electron chi connectivity index (χ2n) is 11.0. The molecule has 9 rings (SSSR count). The molecule has 9 aromatic rings. The molecular weight excluding hydrogens is 524 g/mol. The van der Waals surface area contributed by atoms with Crippen LogP contribution in [0.3, 0.4) is 0 Å². The molecule has 7 aromatic carbocycles. The largest absolute Gasteiger partial charge is 0.455 e. The molecule has 0 saturated heterocycles. The third-order valence-electron chi connectivity index (χ3n) is 8.47. The van der Waals surface area contributed by atoms with Crippen LogP contribution >= 0.6 is 0 Å². The predicted octanol–water partition coefficient (Wildman–Crippen LogP) is 10.8. The van der Waals surface area contributed by atoms with E-state index in [2.05, 4.69) is 115 Å². The average Bonchev–Trinajstić information content (AvgIpc) is 3.46. The summed E-state index contributed by atoms with van der Waals surface area (Å²) in [6, 6.07) is 50.8. The average molecular weight is 549 g/mol. The number of hydrogen-bond donors (Lipinski definition) is 0. The summed E-state index contributed by atoms with van der Waals surface area (Å²) in [5, 5.41) is 7.93. The number of rotatable bonds is 3.